The fourth-order valence-electron chi connectivity index (χ4n) is 3.17. The first-order valence-electron chi connectivity index (χ1n) is 9.59. The number of para-hydroxylation sites is 1. The molecule has 0 unspecified atom stereocenters. The standard InChI is InChI=1S/C26H22O3/c1-18-14-23(26(15-19(18)2)28-17-20-8-4-3-5-9-20)24(27)13-12-22-16-21-10-6-7-11-25(21)29-22/h3-16H,17H2,1-2H3/b13-12+. The Kier molecular flexibility index (Phi) is 5.30. The quantitative estimate of drug-likeness (QED) is 0.281. The Hall–Kier alpha value is -3.59. The van der Waals surface area contributed by atoms with Gasteiger partial charge in [-0.05, 0) is 67.0 Å². The minimum Gasteiger partial charge on any atom is -0.488 e. The molecule has 144 valence electrons. The van der Waals surface area contributed by atoms with E-state index in [0.717, 1.165) is 27.7 Å². The lowest BCUT2D eigenvalue weighted by Crippen LogP contribution is -2.04. The van der Waals surface area contributed by atoms with E-state index in [0.29, 0.717) is 23.7 Å². The van der Waals surface area contributed by atoms with Gasteiger partial charge in [-0.15, -0.1) is 0 Å². The summed E-state index contributed by atoms with van der Waals surface area (Å²) in [6.07, 6.45) is 3.25. The van der Waals surface area contributed by atoms with Crippen LogP contribution >= 0.6 is 0 Å². The van der Waals surface area contributed by atoms with E-state index in [2.05, 4.69) is 0 Å². The van der Waals surface area contributed by atoms with Gasteiger partial charge < -0.3 is 9.15 Å². The smallest absolute Gasteiger partial charge is 0.189 e. The van der Waals surface area contributed by atoms with Crippen LogP contribution in [0.1, 0.15) is 32.8 Å². The maximum absolute atomic E-state index is 12.9. The predicted octanol–water partition coefficient (Wildman–Crippen LogP) is 6.52. The van der Waals surface area contributed by atoms with Gasteiger partial charge in [-0.1, -0.05) is 48.5 Å². The zero-order valence-electron chi connectivity index (χ0n) is 16.5. The molecule has 0 aliphatic rings. The number of carbonyl (C=O) groups is 1. The Morgan fingerprint density at radius 2 is 1.66 bits per heavy atom. The molecule has 0 aliphatic heterocycles. The molecule has 0 fully saturated rings. The monoisotopic (exact) mass is 382 g/mol. The number of furan rings is 1. The zero-order chi connectivity index (χ0) is 20.2. The van der Waals surface area contributed by atoms with Gasteiger partial charge in [-0.25, -0.2) is 0 Å². The lowest BCUT2D eigenvalue weighted by Gasteiger charge is -2.13. The molecule has 1 heterocycles. The highest BCUT2D eigenvalue weighted by Crippen LogP contribution is 2.26. The Balaban J connectivity index is 1.58. The first-order chi connectivity index (χ1) is 14.1. The third-order valence-electron chi connectivity index (χ3n) is 4.94. The van der Waals surface area contributed by atoms with E-state index in [4.69, 9.17) is 9.15 Å². The second kappa shape index (κ2) is 8.19. The van der Waals surface area contributed by atoms with Crippen molar-refractivity contribution in [2.75, 3.05) is 0 Å². The fourth-order valence-corrected chi connectivity index (χ4v) is 3.17. The van der Waals surface area contributed by atoms with Crippen LogP contribution < -0.4 is 4.74 Å². The Morgan fingerprint density at radius 3 is 2.45 bits per heavy atom. The van der Waals surface area contributed by atoms with Gasteiger partial charge in [-0.2, -0.15) is 0 Å². The van der Waals surface area contributed by atoms with Crippen LogP contribution in [0, 0.1) is 13.8 Å². The van der Waals surface area contributed by atoms with Gasteiger partial charge in [0.15, 0.2) is 5.78 Å². The Labute approximate surface area is 170 Å². The average molecular weight is 382 g/mol. The number of ketones is 1. The van der Waals surface area contributed by atoms with E-state index in [1.54, 1.807) is 6.08 Å². The number of aryl methyl sites for hydroxylation is 2. The molecule has 4 aromatic rings. The molecular weight excluding hydrogens is 360 g/mol. The summed E-state index contributed by atoms with van der Waals surface area (Å²) in [4.78, 5) is 12.9. The van der Waals surface area contributed by atoms with Crippen LogP contribution in [0.2, 0.25) is 0 Å². The van der Waals surface area contributed by atoms with Gasteiger partial charge in [0.1, 0.15) is 23.7 Å². The highest BCUT2D eigenvalue weighted by molar-refractivity contribution is 6.08. The summed E-state index contributed by atoms with van der Waals surface area (Å²) >= 11 is 0. The van der Waals surface area contributed by atoms with E-state index in [-0.39, 0.29) is 5.78 Å². The number of hydrogen-bond donors (Lipinski definition) is 0. The van der Waals surface area contributed by atoms with Crippen LogP contribution in [0.3, 0.4) is 0 Å². The van der Waals surface area contributed by atoms with Crippen LogP contribution in [-0.2, 0) is 6.61 Å². The van der Waals surface area contributed by atoms with Crippen LogP contribution in [0.25, 0.3) is 17.0 Å². The molecule has 0 saturated heterocycles. The average Bonchev–Trinajstić information content (AvgIpc) is 3.16. The van der Waals surface area contributed by atoms with Crippen LogP contribution in [0.4, 0.5) is 0 Å². The second-order valence-corrected chi connectivity index (χ2v) is 7.09. The van der Waals surface area contributed by atoms with E-state index >= 15 is 0 Å². The molecule has 29 heavy (non-hydrogen) atoms. The van der Waals surface area contributed by atoms with Crippen molar-refractivity contribution in [2.45, 2.75) is 20.5 Å². The van der Waals surface area contributed by atoms with Crippen LogP contribution in [0.5, 0.6) is 5.75 Å². The third-order valence-corrected chi connectivity index (χ3v) is 4.94. The molecule has 3 aromatic carbocycles. The molecule has 1 aromatic heterocycles. The van der Waals surface area contributed by atoms with Crippen molar-refractivity contribution >= 4 is 22.8 Å². The lowest BCUT2D eigenvalue weighted by atomic mass is 10.0. The molecule has 0 aliphatic carbocycles. The predicted molar refractivity (Wildman–Crippen MR) is 116 cm³/mol. The molecule has 4 rings (SSSR count). The molecule has 0 bridgehead atoms. The molecule has 0 atom stereocenters. The second-order valence-electron chi connectivity index (χ2n) is 7.09. The topological polar surface area (TPSA) is 39.4 Å². The summed E-state index contributed by atoms with van der Waals surface area (Å²) in [6.45, 7) is 4.43. The summed E-state index contributed by atoms with van der Waals surface area (Å²) < 4.78 is 11.8. The van der Waals surface area contributed by atoms with Gasteiger partial charge in [-0.3, -0.25) is 4.79 Å². The zero-order valence-corrected chi connectivity index (χ0v) is 16.5. The number of hydrogen-bond acceptors (Lipinski definition) is 3. The number of rotatable bonds is 6. The summed E-state index contributed by atoms with van der Waals surface area (Å²) in [7, 11) is 0. The van der Waals surface area contributed by atoms with Gasteiger partial charge in [0.25, 0.3) is 0 Å². The number of carbonyl (C=O) groups excluding carboxylic acids is 1. The van der Waals surface area contributed by atoms with Crippen LogP contribution in [-0.4, -0.2) is 5.78 Å². The van der Waals surface area contributed by atoms with Crippen molar-refractivity contribution in [1.82, 2.24) is 0 Å². The largest absolute Gasteiger partial charge is 0.488 e. The van der Waals surface area contributed by atoms with Crippen molar-refractivity contribution in [3.63, 3.8) is 0 Å². The first kappa shape index (κ1) is 18.8. The summed E-state index contributed by atoms with van der Waals surface area (Å²) in [6, 6.07) is 23.4. The van der Waals surface area contributed by atoms with Crippen molar-refractivity contribution in [2.24, 2.45) is 0 Å². The van der Waals surface area contributed by atoms with Crippen molar-refractivity contribution < 1.29 is 13.9 Å². The van der Waals surface area contributed by atoms with E-state index < -0.39 is 0 Å². The van der Waals surface area contributed by atoms with Gasteiger partial charge in [0.2, 0.25) is 0 Å². The van der Waals surface area contributed by atoms with Crippen molar-refractivity contribution in [3.8, 4) is 5.75 Å². The Morgan fingerprint density at radius 1 is 0.931 bits per heavy atom. The maximum atomic E-state index is 12.9. The fraction of sp³-hybridized carbons (Fsp3) is 0.115. The molecule has 0 radical (unpaired) electrons. The molecule has 0 spiro atoms. The lowest BCUT2D eigenvalue weighted by molar-refractivity contribution is 0.104. The SMILES string of the molecule is Cc1cc(OCc2ccccc2)c(C(=O)/C=C/c2cc3ccccc3o2)cc1C. The minimum absolute atomic E-state index is 0.114. The normalized spacial score (nSPS) is 11.2. The van der Waals surface area contributed by atoms with Crippen LogP contribution in [0.15, 0.2) is 83.3 Å². The summed E-state index contributed by atoms with van der Waals surface area (Å²) in [5.41, 5.74) is 4.56. The number of ether oxygens (including phenoxy) is 1. The third kappa shape index (κ3) is 4.30. The maximum Gasteiger partial charge on any atom is 0.189 e. The van der Waals surface area contributed by atoms with E-state index in [1.807, 2.05) is 86.6 Å². The Bertz CT molecular complexity index is 1150. The molecule has 3 heteroatoms. The molecule has 0 N–H and O–H groups in total. The minimum atomic E-state index is -0.114. The summed E-state index contributed by atoms with van der Waals surface area (Å²) in [5, 5.41) is 1.01. The number of benzene rings is 3. The van der Waals surface area contributed by atoms with Crippen molar-refractivity contribution in [3.05, 3.63) is 107 Å². The number of allylic oxidation sites excluding steroid dienone is 1. The molecular formula is C26H22O3. The van der Waals surface area contributed by atoms with Gasteiger partial charge in [0, 0.05) is 5.39 Å². The highest BCUT2D eigenvalue weighted by Gasteiger charge is 2.13. The number of fused-ring (bicyclic) bond motifs is 1. The summed E-state index contributed by atoms with van der Waals surface area (Å²) in [5.74, 6) is 1.13. The van der Waals surface area contributed by atoms with E-state index in [1.165, 1.54) is 6.08 Å². The van der Waals surface area contributed by atoms with E-state index in [9.17, 15) is 4.79 Å². The van der Waals surface area contributed by atoms with Gasteiger partial charge in [0.05, 0.1) is 5.56 Å². The molecule has 0 amide bonds. The highest BCUT2D eigenvalue weighted by atomic mass is 16.5. The first-order valence-corrected chi connectivity index (χ1v) is 9.59. The van der Waals surface area contributed by atoms with Gasteiger partial charge >= 0.3 is 0 Å². The molecule has 0 saturated carbocycles. The van der Waals surface area contributed by atoms with Crippen molar-refractivity contribution in [1.29, 1.82) is 0 Å². The molecule has 3 nitrogen and oxygen atoms in total.